The van der Waals surface area contributed by atoms with Crippen molar-refractivity contribution >= 4 is 0 Å². The highest BCUT2D eigenvalue weighted by Gasteiger charge is 2.25. The minimum Gasteiger partial charge on any atom is -0.327 e. The zero-order valence-electron chi connectivity index (χ0n) is 13.3. The summed E-state index contributed by atoms with van der Waals surface area (Å²) in [5, 5.41) is 0. The summed E-state index contributed by atoms with van der Waals surface area (Å²) in [7, 11) is 0. The Hall–Kier alpha value is -0.860. The van der Waals surface area contributed by atoms with E-state index < -0.39 is 0 Å². The molecule has 2 nitrogen and oxygen atoms in total. The molecule has 1 aromatic carbocycles. The van der Waals surface area contributed by atoms with Crippen molar-refractivity contribution in [3.63, 3.8) is 0 Å². The first-order valence-corrected chi connectivity index (χ1v) is 8.13. The third-order valence-electron chi connectivity index (χ3n) is 4.32. The molecule has 0 amide bonds. The van der Waals surface area contributed by atoms with Crippen LogP contribution in [0.5, 0.6) is 0 Å². The number of nitrogens with zero attached hydrogens (tertiary/aromatic N) is 1. The van der Waals surface area contributed by atoms with E-state index in [1.54, 1.807) is 0 Å². The molecule has 112 valence electrons. The molecule has 1 aliphatic rings. The largest absolute Gasteiger partial charge is 0.327 e. The van der Waals surface area contributed by atoms with Gasteiger partial charge in [0.05, 0.1) is 0 Å². The average molecular weight is 274 g/mol. The van der Waals surface area contributed by atoms with Crippen molar-refractivity contribution in [2.75, 3.05) is 6.54 Å². The molecule has 0 bridgehead atoms. The Morgan fingerprint density at radius 2 is 1.75 bits per heavy atom. The maximum atomic E-state index is 6.15. The third-order valence-corrected chi connectivity index (χ3v) is 4.32. The van der Waals surface area contributed by atoms with Crippen LogP contribution in [0.2, 0.25) is 0 Å². The molecule has 0 aromatic heterocycles. The lowest BCUT2D eigenvalue weighted by Crippen LogP contribution is -2.48. The summed E-state index contributed by atoms with van der Waals surface area (Å²) in [5.41, 5.74) is 9.02. The van der Waals surface area contributed by atoms with Gasteiger partial charge >= 0.3 is 0 Å². The van der Waals surface area contributed by atoms with Crippen molar-refractivity contribution in [2.45, 2.75) is 65.1 Å². The van der Waals surface area contributed by atoms with E-state index in [0.717, 1.165) is 12.5 Å². The molecule has 1 saturated heterocycles. The molecule has 0 saturated carbocycles. The number of piperidine rings is 1. The quantitative estimate of drug-likeness (QED) is 0.889. The number of hydrogen-bond acceptors (Lipinski definition) is 2. The molecule has 1 fully saturated rings. The monoisotopic (exact) mass is 274 g/mol. The van der Waals surface area contributed by atoms with E-state index in [0.29, 0.717) is 6.04 Å². The van der Waals surface area contributed by atoms with E-state index in [4.69, 9.17) is 5.73 Å². The molecule has 2 atom stereocenters. The highest BCUT2D eigenvalue weighted by molar-refractivity contribution is 5.23. The number of hydrogen-bond donors (Lipinski definition) is 1. The van der Waals surface area contributed by atoms with Crippen LogP contribution in [0.3, 0.4) is 0 Å². The van der Waals surface area contributed by atoms with E-state index in [-0.39, 0.29) is 6.04 Å². The molecule has 0 radical (unpaired) electrons. The van der Waals surface area contributed by atoms with E-state index in [9.17, 15) is 0 Å². The number of rotatable bonds is 5. The molecule has 1 heterocycles. The molecule has 20 heavy (non-hydrogen) atoms. The molecule has 0 spiro atoms. The van der Waals surface area contributed by atoms with E-state index >= 15 is 0 Å². The third kappa shape index (κ3) is 4.32. The Labute approximate surface area is 124 Å². The summed E-state index contributed by atoms with van der Waals surface area (Å²) in [6.45, 7) is 8.94. The van der Waals surface area contributed by atoms with Crippen LogP contribution in [0.4, 0.5) is 0 Å². The lowest BCUT2D eigenvalue weighted by molar-refractivity contribution is 0.123. The van der Waals surface area contributed by atoms with Crippen LogP contribution >= 0.6 is 0 Å². The van der Waals surface area contributed by atoms with Crippen molar-refractivity contribution < 1.29 is 0 Å². The topological polar surface area (TPSA) is 29.3 Å². The second kappa shape index (κ2) is 7.24. The van der Waals surface area contributed by atoms with E-state index in [1.165, 1.54) is 43.4 Å². The van der Waals surface area contributed by atoms with E-state index in [1.807, 2.05) is 0 Å². The number of likely N-dealkylation sites (tertiary alicyclic amines) is 1. The maximum Gasteiger partial charge on any atom is 0.0248 e. The Bertz CT molecular complexity index is 394. The fourth-order valence-corrected chi connectivity index (χ4v) is 3.30. The van der Waals surface area contributed by atoms with Crippen molar-refractivity contribution in [1.29, 1.82) is 0 Å². The van der Waals surface area contributed by atoms with Crippen LogP contribution in [-0.4, -0.2) is 23.5 Å². The van der Waals surface area contributed by atoms with Gasteiger partial charge in [-0.15, -0.1) is 0 Å². The molecule has 0 aliphatic carbocycles. The zero-order valence-corrected chi connectivity index (χ0v) is 13.3. The van der Waals surface area contributed by atoms with Crippen LogP contribution in [-0.2, 0) is 13.0 Å². The van der Waals surface area contributed by atoms with Crippen LogP contribution in [0.15, 0.2) is 24.3 Å². The highest BCUT2D eigenvalue weighted by Crippen LogP contribution is 2.21. The van der Waals surface area contributed by atoms with Crippen molar-refractivity contribution in [1.82, 2.24) is 4.90 Å². The minimum absolute atomic E-state index is 0.274. The lowest BCUT2D eigenvalue weighted by atomic mass is 9.96. The Kier molecular flexibility index (Phi) is 5.62. The predicted molar refractivity (Wildman–Crippen MR) is 86.7 cm³/mol. The fourth-order valence-electron chi connectivity index (χ4n) is 3.30. The number of nitrogens with two attached hydrogens (primary N) is 1. The van der Waals surface area contributed by atoms with Gasteiger partial charge < -0.3 is 5.73 Å². The van der Waals surface area contributed by atoms with Gasteiger partial charge in [-0.2, -0.15) is 0 Å². The van der Waals surface area contributed by atoms with Gasteiger partial charge in [0.2, 0.25) is 0 Å². The van der Waals surface area contributed by atoms with Gasteiger partial charge in [-0.3, -0.25) is 4.90 Å². The van der Waals surface area contributed by atoms with Crippen molar-refractivity contribution in [3.8, 4) is 0 Å². The fraction of sp³-hybridized carbons (Fsp3) is 0.667. The van der Waals surface area contributed by atoms with Crippen molar-refractivity contribution in [3.05, 3.63) is 35.4 Å². The molecular formula is C18H30N2. The Balaban J connectivity index is 1.97. The van der Waals surface area contributed by atoms with Gasteiger partial charge in [0.1, 0.15) is 0 Å². The van der Waals surface area contributed by atoms with Gasteiger partial charge in [0.25, 0.3) is 0 Å². The predicted octanol–water partition coefficient (Wildman–Crippen LogP) is 3.59. The van der Waals surface area contributed by atoms with Gasteiger partial charge in [-0.1, -0.05) is 44.5 Å². The standard InChI is InChI=1S/C18H30N2/c1-14(2)12-16-7-9-17(10-8-16)13-20-11-5-4-6-18(20)15(3)19/h7-10,14-15,18H,4-6,11-13,19H2,1-3H3. The maximum absolute atomic E-state index is 6.15. The summed E-state index contributed by atoms with van der Waals surface area (Å²) in [4.78, 5) is 2.58. The van der Waals surface area contributed by atoms with Crippen molar-refractivity contribution in [2.24, 2.45) is 11.7 Å². The minimum atomic E-state index is 0.274. The Morgan fingerprint density at radius 3 is 2.35 bits per heavy atom. The normalized spacial score (nSPS) is 22.1. The molecule has 2 N–H and O–H groups in total. The first kappa shape index (κ1) is 15.5. The molecule has 2 rings (SSSR count). The number of benzene rings is 1. The van der Waals surface area contributed by atoms with Gasteiger partial charge in [0.15, 0.2) is 0 Å². The van der Waals surface area contributed by atoms with Crippen LogP contribution in [0, 0.1) is 5.92 Å². The van der Waals surface area contributed by atoms with Crippen LogP contribution in [0.25, 0.3) is 0 Å². The molecular weight excluding hydrogens is 244 g/mol. The average Bonchev–Trinajstić information content (AvgIpc) is 2.41. The Morgan fingerprint density at radius 1 is 1.10 bits per heavy atom. The first-order valence-electron chi connectivity index (χ1n) is 8.13. The van der Waals surface area contributed by atoms with Gasteiger partial charge in [0, 0.05) is 18.6 Å². The second-order valence-corrected chi connectivity index (χ2v) is 6.81. The zero-order chi connectivity index (χ0) is 14.5. The highest BCUT2D eigenvalue weighted by atomic mass is 15.2. The smallest absolute Gasteiger partial charge is 0.0248 e. The molecule has 1 aromatic rings. The van der Waals surface area contributed by atoms with Crippen LogP contribution in [0.1, 0.15) is 51.2 Å². The summed E-state index contributed by atoms with van der Waals surface area (Å²) in [6, 6.07) is 10.0. The van der Waals surface area contributed by atoms with E-state index in [2.05, 4.69) is 49.9 Å². The van der Waals surface area contributed by atoms with Gasteiger partial charge in [-0.25, -0.2) is 0 Å². The first-order chi connectivity index (χ1) is 9.56. The summed E-state index contributed by atoms with van der Waals surface area (Å²) >= 11 is 0. The van der Waals surface area contributed by atoms with Crippen LogP contribution < -0.4 is 5.73 Å². The molecule has 2 unspecified atom stereocenters. The summed E-state index contributed by atoms with van der Waals surface area (Å²) in [6.07, 6.45) is 5.07. The molecule has 2 heteroatoms. The second-order valence-electron chi connectivity index (χ2n) is 6.81. The summed E-state index contributed by atoms with van der Waals surface area (Å²) in [5.74, 6) is 0.727. The summed E-state index contributed by atoms with van der Waals surface area (Å²) < 4.78 is 0. The van der Waals surface area contributed by atoms with Gasteiger partial charge in [-0.05, 0) is 49.8 Å². The SMILES string of the molecule is CC(C)Cc1ccc(CN2CCCCC2C(C)N)cc1. The molecule has 1 aliphatic heterocycles. The lowest BCUT2D eigenvalue weighted by Gasteiger charge is -2.38.